The van der Waals surface area contributed by atoms with E-state index < -0.39 is 23.7 Å². The van der Waals surface area contributed by atoms with E-state index in [-0.39, 0.29) is 18.8 Å². The van der Waals surface area contributed by atoms with Gasteiger partial charge in [0, 0.05) is 47.7 Å². The summed E-state index contributed by atoms with van der Waals surface area (Å²) in [5.41, 5.74) is 16.5. The maximum Gasteiger partial charge on any atom is 0.230 e. The number of carbonyl (C=O) groups excluding carboxylic acids is 1. The smallest absolute Gasteiger partial charge is 0.230 e. The van der Waals surface area contributed by atoms with Gasteiger partial charge in [-0.1, -0.05) is 29.8 Å². The van der Waals surface area contributed by atoms with Gasteiger partial charge in [-0.25, -0.2) is 9.37 Å². The number of halogens is 2. The highest BCUT2D eigenvalue weighted by Gasteiger charge is 2.28. The van der Waals surface area contributed by atoms with Crippen LogP contribution in [0.15, 0.2) is 60.7 Å². The molecule has 4 rings (SSSR count). The summed E-state index contributed by atoms with van der Waals surface area (Å²) in [5.74, 6) is -1.65. The van der Waals surface area contributed by atoms with Crippen molar-refractivity contribution < 1.29 is 9.18 Å². The fourth-order valence-electron chi connectivity index (χ4n) is 4.10. The van der Waals surface area contributed by atoms with Crippen LogP contribution >= 0.6 is 11.6 Å². The summed E-state index contributed by atoms with van der Waals surface area (Å²) in [4.78, 5) is 17.2. The van der Waals surface area contributed by atoms with E-state index in [4.69, 9.17) is 23.1 Å². The van der Waals surface area contributed by atoms with Crippen LogP contribution in [0.1, 0.15) is 29.3 Å². The topological polar surface area (TPSA) is 112 Å². The molecule has 176 valence electrons. The fourth-order valence-corrected chi connectivity index (χ4v) is 4.30. The molecule has 5 N–H and O–H groups in total. The number of hydrogen-bond acceptors (Lipinski definition) is 5. The molecule has 1 amide bonds. The van der Waals surface area contributed by atoms with Crippen molar-refractivity contribution in [2.75, 3.05) is 12.3 Å². The van der Waals surface area contributed by atoms with Crippen molar-refractivity contribution in [2.45, 2.75) is 19.4 Å². The summed E-state index contributed by atoms with van der Waals surface area (Å²) in [6.07, 6.45) is 6.90. The molecular weight excluding hydrogens is 455 g/mol. The first-order valence-electron chi connectivity index (χ1n) is 10.9. The van der Waals surface area contributed by atoms with E-state index in [0.717, 1.165) is 22.4 Å². The van der Waals surface area contributed by atoms with Crippen LogP contribution < -0.4 is 16.8 Å². The molecule has 2 aromatic heterocycles. The number of rotatable bonds is 6. The van der Waals surface area contributed by atoms with Crippen LogP contribution in [0, 0.1) is 12.8 Å². The first kappa shape index (κ1) is 23.7. The van der Waals surface area contributed by atoms with Crippen molar-refractivity contribution >= 4 is 28.9 Å². The van der Waals surface area contributed by atoms with Crippen LogP contribution in [0.4, 0.5) is 10.2 Å². The van der Waals surface area contributed by atoms with Crippen LogP contribution in [0.25, 0.3) is 16.7 Å². The van der Waals surface area contributed by atoms with E-state index in [2.05, 4.69) is 15.4 Å². The predicted octanol–water partition coefficient (Wildman–Crippen LogP) is 4.10. The van der Waals surface area contributed by atoms with E-state index in [0.29, 0.717) is 16.2 Å². The van der Waals surface area contributed by atoms with Crippen LogP contribution in [0.5, 0.6) is 0 Å². The lowest BCUT2D eigenvalue weighted by Crippen LogP contribution is -2.38. The zero-order valence-corrected chi connectivity index (χ0v) is 19.7. The second-order valence-electron chi connectivity index (χ2n) is 8.29. The molecule has 0 saturated heterocycles. The standard InChI is InChI=1S/C25H26ClFN6O/c1-14-21(13-33(2)32-14)17-9-20(24(29)30-12-17)15-6-7-19(22(27)10-15)25(34)31-23(11-28)16-4-3-5-18(26)8-16/h3-6,8-10,12-13,19,23H,7,11,28H2,1-2H3,(H2,29,30)(H,31,34)/t19?,23-/m1/s1. The van der Waals surface area contributed by atoms with Gasteiger partial charge < -0.3 is 16.8 Å². The maximum absolute atomic E-state index is 15.1. The summed E-state index contributed by atoms with van der Waals surface area (Å²) in [6, 6.07) is 8.47. The lowest BCUT2D eigenvalue weighted by molar-refractivity contribution is -0.125. The average molecular weight is 481 g/mol. The van der Waals surface area contributed by atoms with Gasteiger partial charge in [-0.3, -0.25) is 9.48 Å². The Balaban J connectivity index is 1.54. The zero-order chi connectivity index (χ0) is 24.4. The molecule has 0 aliphatic heterocycles. The van der Waals surface area contributed by atoms with Crippen molar-refractivity contribution in [3.05, 3.63) is 82.5 Å². The minimum atomic E-state index is -0.949. The molecule has 0 fully saturated rings. The summed E-state index contributed by atoms with van der Waals surface area (Å²) in [7, 11) is 1.84. The Bertz CT molecular complexity index is 1300. The molecule has 0 radical (unpaired) electrons. The number of benzene rings is 1. The highest BCUT2D eigenvalue weighted by Crippen LogP contribution is 2.35. The van der Waals surface area contributed by atoms with E-state index in [1.54, 1.807) is 35.2 Å². The molecule has 9 heteroatoms. The molecule has 0 saturated carbocycles. The maximum atomic E-state index is 15.1. The van der Waals surface area contributed by atoms with Crippen LogP contribution in [-0.4, -0.2) is 27.2 Å². The summed E-state index contributed by atoms with van der Waals surface area (Å²) >= 11 is 6.05. The Morgan fingerprint density at radius 3 is 2.79 bits per heavy atom. The van der Waals surface area contributed by atoms with Crippen molar-refractivity contribution in [1.82, 2.24) is 20.1 Å². The molecule has 1 aromatic carbocycles. The van der Waals surface area contributed by atoms with Crippen molar-refractivity contribution in [1.29, 1.82) is 0 Å². The molecule has 0 bridgehead atoms. The second kappa shape index (κ2) is 9.79. The molecular formula is C25H26ClFN6O. The minimum absolute atomic E-state index is 0.161. The Labute approximate surface area is 202 Å². The molecule has 34 heavy (non-hydrogen) atoms. The number of nitrogens with zero attached hydrogens (tertiary/aromatic N) is 3. The third kappa shape index (κ3) is 4.88. The van der Waals surface area contributed by atoms with Crippen LogP contribution in [0.3, 0.4) is 0 Å². The van der Waals surface area contributed by atoms with Gasteiger partial charge in [-0.05, 0) is 48.8 Å². The lowest BCUT2D eigenvalue weighted by Gasteiger charge is -2.23. The molecule has 1 aliphatic carbocycles. The number of hydrogen-bond donors (Lipinski definition) is 3. The SMILES string of the molecule is Cc1nn(C)cc1-c1cnc(N)c(C2=CCC(C(=O)N[C@H](CN)c3cccc(Cl)c3)C(F)=C2)c1. The predicted molar refractivity (Wildman–Crippen MR) is 132 cm³/mol. The number of anilines is 1. The number of amides is 1. The molecule has 3 aromatic rings. The quantitative estimate of drug-likeness (QED) is 0.491. The number of nitrogen functional groups attached to an aromatic ring is 1. The van der Waals surface area contributed by atoms with Crippen LogP contribution in [-0.2, 0) is 11.8 Å². The van der Waals surface area contributed by atoms with Gasteiger partial charge in [0.15, 0.2) is 0 Å². The highest BCUT2D eigenvalue weighted by atomic mass is 35.5. The number of nitrogens with one attached hydrogen (secondary N) is 1. The Kier molecular flexibility index (Phi) is 6.81. The number of aryl methyl sites for hydroxylation is 2. The third-order valence-electron chi connectivity index (χ3n) is 5.87. The third-order valence-corrected chi connectivity index (χ3v) is 6.11. The minimum Gasteiger partial charge on any atom is -0.383 e. The molecule has 0 spiro atoms. The van der Waals surface area contributed by atoms with E-state index in [9.17, 15) is 4.79 Å². The monoisotopic (exact) mass is 480 g/mol. The highest BCUT2D eigenvalue weighted by molar-refractivity contribution is 6.30. The van der Waals surface area contributed by atoms with Gasteiger partial charge in [0.05, 0.1) is 17.7 Å². The van der Waals surface area contributed by atoms with Crippen molar-refractivity contribution in [3.8, 4) is 11.1 Å². The van der Waals surface area contributed by atoms with Gasteiger partial charge in [0.1, 0.15) is 11.6 Å². The van der Waals surface area contributed by atoms with Gasteiger partial charge in [0.25, 0.3) is 0 Å². The molecule has 1 aliphatic rings. The fraction of sp³-hybridized carbons (Fsp3) is 0.240. The molecule has 2 atom stereocenters. The summed E-state index contributed by atoms with van der Waals surface area (Å²) in [5, 5.41) is 7.74. The zero-order valence-electron chi connectivity index (χ0n) is 18.9. The van der Waals surface area contributed by atoms with E-state index in [1.807, 2.05) is 32.3 Å². The van der Waals surface area contributed by atoms with E-state index in [1.165, 1.54) is 6.08 Å². The number of pyridine rings is 1. The Hall–Kier alpha value is -3.49. The van der Waals surface area contributed by atoms with Gasteiger partial charge in [0.2, 0.25) is 5.91 Å². The molecule has 1 unspecified atom stereocenters. The Morgan fingerprint density at radius 2 is 2.15 bits per heavy atom. The van der Waals surface area contributed by atoms with Crippen molar-refractivity contribution in [2.24, 2.45) is 18.7 Å². The van der Waals surface area contributed by atoms with Crippen LogP contribution in [0.2, 0.25) is 5.02 Å². The van der Waals surface area contributed by atoms with E-state index >= 15 is 4.39 Å². The molecule has 7 nitrogen and oxygen atoms in total. The first-order valence-corrected chi connectivity index (χ1v) is 11.2. The average Bonchev–Trinajstić information content (AvgIpc) is 3.15. The number of carbonyl (C=O) groups is 1. The summed E-state index contributed by atoms with van der Waals surface area (Å²) < 4.78 is 16.8. The van der Waals surface area contributed by atoms with Crippen molar-refractivity contribution in [3.63, 3.8) is 0 Å². The number of aromatic nitrogens is 3. The normalized spacial score (nSPS) is 16.6. The number of allylic oxidation sites excluding steroid dienone is 3. The summed E-state index contributed by atoms with van der Waals surface area (Å²) in [6.45, 7) is 2.07. The Morgan fingerprint density at radius 1 is 1.35 bits per heavy atom. The molecule has 2 heterocycles. The lowest BCUT2D eigenvalue weighted by atomic mass is 9.90. The van der Waals surface area contributed by atoms with Gasteiger partial charge in [-0.2, -0.15) is 5.10 Å². The van der Waals surface area contributed by atoms with Gasteiger partial charge >= 0.3 is 0 Å². The first-order chi connectivity index (χ1) is 16.3. The van der Waals surface area contributed by atoms with Gasteiger partial charge in [-0.15, -0.1) is 0 Å². The second-order valence-corrected chi connectivity index (χ2v) is 8.72. The largest absolute Gasteiger partial charge is 0.383 e. The number of nitrogens with two attached hydrogens (primary N) is 2.